The highest BCUT2D eigenvalue weighted by Crippen LogP contribution is 2.38. The normalized spacial score (nSPS) is 22.6. The van der Waals surface area contributed by atoms with Crippen molar-refractivity contribution in [3.8, 4) is 0 Å². The lowest BCUT2D eigenvalue weighted by molar-refractivity contribution is 0.00542. The van der Waals surface area contributed by atoms with Gasteiger partial charge in [0.15, 0.2) is 5.96 Å². The Hall–Kier alpha value is -1.17. The second kappa shape index (κ2) is 6.32. The summed E-state index contributed by atoms with van der Waals surface area (Å²) in [5.74, 6) is -2.18. The summed E-state index contributed by atoms with van der Waals surface area (Å²) >= 11 is 1.70. The van der Waals surface area contributed by atoms with Gasteiger partial charge in [0.25, 0.3) is 0 Å². The maximum atomic E-state index is 13.0. The van der Waals surface area contributed by atoms with E-state index < -0.39 is 5.92 Å². The Morgan fingerprint density at radius 1 is 1.58 bits per heavy atom. The number of hydrogen-bond acceptors (Lipinski definition) is 2. The van der Waals surface area contributed by atoms with Crippen LogP contribution < -0.4 is 11.1 Å². The molecule has 1 saturated carbocycles. The molecule has 0 aromatic carbocycles. The van der Waals surface area contributed by atoms with Crippen LogP contribution in [0.25, 0.3) is 0 Å². The summed E-state index contributed by atoms with van der Waals surface area (Å²) in [6.45, 7) is 1.12. The van der Waals surface area contributed by atoms with Crippen molar-refractivity contribution in [3.63, 3.8) is 0 Å². The Morgan fingerprint density at radius 2 is 2.42 bits per heavy atom. The van der Waals surface area contributed by atoms with Gasteiger partial charge >= 0.3 is 0 Å². The predicted molar refractivity (Wildman–Crippen MR) is 74.8 cm³/mol. The van der Waals surface area contributed by atoms with Crippen molar-refractivity contribution in [2.24, 2.45) is 16.6 Å². The molecular weight excluding hydrogens is 268 g/mol. The molecule has 1 fully saturated rings. The third-order valence-corrected chi connectivity index (χ3v) is 4.22. The number of aliphatic imine (C=N–C) groups is 1. The Balaban J connectivity index is 1.65. The van der Waals surface area contributed by atoms with Crippen LogP contribution in [-0.2, 0) is 6.42 Å². The Kier molecular flexibility index (Phi) is 4.74. The molecule has 6 heteroatoms. The molecule has 1 heterocycles. The quantitative estimate of drug-likeness (QED) is 0.646. The van der Waals surface area contributed by atoms with E-state index in [4.69, 9.17) is 5.73 Å². The molecule has 106 valence electrons. The van der Waals surface area contributed by atoms with Gasteiger partial charge in [-0.2, -0.15) is 0 Å². The third kappa shape index (κ3) is 4.78. The van der Waals surface area contributed by atoms with E-state index in [-0.39, 0.29) is 18.8 Å². The van der Waals surface area contributed by atoms with Gasteiger partial charge in [-0.05, 0) is 30.2 Å². The molecule has 1 aliphatic carbocycles. The summed E-state index contributed by atoms with van der Waals surface area (Å²) in [7, 11) is 0. The first-order chi connectivity index (χ1) is 9.05. The first-order valence-electron chi connectivity index (χ1n) is 6.49. The zero-order chi connectivity index (χ0) is 13.7. The van der Waals surface area contributed by atoms with E-state index in [9.17, 15) is 8.78 Å². The zero-order valence-electron chi connectivity index (χ0n) is 10.7. The van der Waals surface area contributed by atoms with Gasteiger partial charge in [-0.3, -0.25) is 4.99 Å². The van der Waals surface area contributed by atoms with Crippen LogP contribution >= 0.6 is 11.3 Å². The number of rotatable bonds is 5. The van der Waals surface area contributed by atoms with Gasteiger partial charge in [0, 0.05) is 30.8 Å². The SMILES string of the molecule is NC(=NCC1CCC(F)(F)C1)NCCc1cccs1. The van der Waals surface area contributed by atoms with E-state index in [2.05, 4.69) is 16.4 Å². The maximum Gasteiger partial charge on any atom is 0.248 e. The van der Waals surface area contributed by atoms with Crippen molar-refractivity contribution in [2.45, 2.75) is 31.6 Å². The molecule has 1 atom stereocenters. The number of nitrogens with one attached hydrogen (secondary N) is 1. The highest BCUT2D eigenvalue weighted by molar-refractivity contribution is 7.09. The van der Waals surface area contributed by atoms with Crippen LogP contribution in [0, 0.1) is 5.92 Å². The van der Waals surface area contributed by atoms with Gasteiger partial charge in [0.05, 0.1) is 0 Å². The molecular formula is C13H19F2N3S. The molecule has 3 nitrogen and oxygen atoms in total. The van der Waals surface area contributed by atoms with E-state index >= 15 is 0 Å². The van der Waals surface area contributed by atoms with E-state index in [0.717, 1.165) is 13.0 Å². The van der Waals surface area contributed by atoms with E-state index in [1.54, 1.807) is 11.3 Å². The lowest BCUT2D eigenvalue weighted by Crippen LogP contribution is -2.33. The summed E-state index contributed by atoms with van der Waals surface area (Å²) in [5.41, 5.74) is 5.71. The minimum atomic E-state index is -2.50. The second-order valence-electron chi connectivity index (χ2n) is 4.95. The largest absolute Gasteiger partial charge is 0.370 e. The fourth-order valence-corrected chi connectivity index (χ4v) is 2.96. The Morgan fingerprint density at radius 3 is 3.05 bits per heavy atom. The van der Waals surface area contributed by atoms with Gasteiger partial charge in [-0.15, -0.1) is 11.3 Å². The summed E-state index contributed by atoms with van der Waals surface area (Å²) in [4.78, 5) is 5.43. The lowest BCUT2D eigenvalue weighted by Gasteiger charge is -2.09. The molecule has 0 spiro atoms. The summed E-state index contributed by atoms with van der Waals surface area (Å²) in [6.07, 6.45) is 1.37. The van der Waals surface area contributed by atoms with Crippen molar-refractivity contribution in [3.05, 3.63) is 22.4 Å². The molecule has 1 aromatic heterocycles. The second-order valence-corrected chi connectivity index (χ2v) is 5.98. The van der Waals surface area contributed by atoms with E-state index in [0.29, 0.717) is 18.9 Å². The number of guanidine groups is 1. The fourth-order valence-electron chi connectivity index (χ4n) is 2.25. The molecule has 0 saturated heterocycles. The fraction of sp³-hybridized carbons (Fsp3) is 0.615. The van der Waals surface area contributed by atoms with Crippen molar-refractivity contribution >= 4 is 17.3 Å². The van der Waals surface area contributed by atoms with Gasteiger partial charge in [0.2, 0.25) is 5.92 Å². The molecule has 1 aliphatic rings. The average Bonchev–Trinajstić information content (AvgIpc) is 2.96. The minimum Gasteiger partial charge on any atom is -0.370 e. The van der Waals surface area contributed by atoms with Crippen LogP contribution in [0.4, 0.5) is 8.78 Å². The number of thiophene rings is 1. The highest BCUT2D eigenvalue weighted by Gasteiger charge is 2.39. The highest BCUT2D eigenvalue weighted by atomic mass is 32.1. The number of hydrogen-bond donors (Lipinski definition) is 2. The number of halogens is 2. The molecule has 2 rings (SSSR count). The number of nitrogens with zero attached hydrogens (tertiary/aromatic N) is 1. The zero-order valence-corrected chi connectivity index (χ0v) is 11.6. The van der Waals surface area contributed by atoms with Crippen LogP contribution in [0.1, 0.15) is 24.1 Å². The topological polar surface area (TPSA) is 50.4 Å². The molecule has 19 heavy (non-hydrogen) atoms. The molecule has 0 bridgehead atoms. The predicted octanol–water partition coefficient (Wildman–Crippen LogP) is 2.63. The smallest absolute Gasteiger partial charge is 0.248 e. The van der Waals surface area contributed by atoms with Crippen molar-refractivity contribution in [1.29, 1.82) is 0 Å². The van der Waals surface area contributed by atoms with Gasteiger partial charge in [0.1, 0.15) is 0 Å². The first-order valence-corrected chi connectivity index (χ1v) is 7.37. The Labute approximate surface area is 115 Å². The van der Waals surface area contributed by atoms with Crippen LogP contribution in [0.5, 0.6) is 0 Å². The minimum absolute atomic E-state index is 0.0150. The van der Waals surface area contributed by atoms with Crippen LogP contribution in [0.3, 0.4) is 0 Å². The molecule has 1 aromatic rings. The standard InChI is InChI=1S/C13H19F2N3S/c14-13(15)5-3-10(8-13)9-18-12(16)17-6-4-11-2-1-7-19-11/h1-2,7,10H,3-6,8-9H2,(H3,16,17,18). The number of nitrogens with two attached hydrogens (primary N) is 1. The number of alkyl halides is 2. The average molecular weight is 287 g/mol. The molecule has 3 N–H and O–H groups in total. The van der Waals surface area contributed by atoms with Gasteiger partial charge in [-0.1, -0.05) is 6.07 Å². The van der Waals surface area contributed by atoms with Crippen LogP contribution in [-0.4, -0.2) is 25.0 Å². The third-order valence-electron chi connectivity index (χ3n) is 3.28. The van der Waals surface area contributed by atoms with E-state index in [1.165, 1.54) is 4.88 Å². The van der Waals surface area contributed by atoms with Crippen molar-refractivity contribution in [1.82, 2.24) is 5.32 Å². The maximum absolute atomic E-state index is 13.0. The molecule has 0 amide bonds. The molecule has 1 unspecified atom stereocenters. The van der Waals surface area contributed by atoms with E-state index in [1.807, 2.05) is 11.4 Å². The lowest BCUT2D eigenvalue weighted by atomic mass is 10.1. The summed E-state index contributed by atoms with van der Waals surface area (Å²) in [5, 5.41) is 5.05. The molecule has 0 aliphatic heterocycles. The Bertz CT molecular complexity index is 418. The monoisotopic (exact) mass is 287 g/mol. The van der Waals surface area contributed by atoms with Crippen LogP contribution in [0.15, 0.2) is 22.5 Å². The van der Waals surface area contributed by atoms with Gasteiger partial charge in [-0.25, -0.2) is 8.78 Å². The van der Waals surface area contributed by atoms with Crippen molar-refractivity contribution < 1.29 is 8.78 Å². The van der Waals surface area contributed by atoms with Crippen molar-refractivity contribution in [2.75, 3.05) is 13.1 Å². The molecule has 0 radical (unpaired) electrons. The summed E-state index contributed by atoms with van der Waals surface area (Å²) < 4.78 is 26.0. The van der Waals surface area contributed by atoms with Crippen LogP contribution in [0.2, 0.25) is 0 Å². The summed E-state index contributed by atoms with van der Waals surface area (Å²) in [6, 6.07) is 4.08. The van der Waals surface area contributed by atoms with Gasteiger partial charge < -0.3 is 11.1 Å². The first kappa shape index (κ1) is 14.2.